The lowest BCUT2D eigenvalue weighted by Crippen LogP contribution is -2.38. The smallest absolute Gasteiger partial charge is 0.282 e. The van der Waals surface area contributed by atoms with Gasteiger partial charge in [0, 0.05) is 36.1 Å². The summed E-state index contributed by atoms with van der Waals surface area (Å²) in [6.45, 7) is 2.89. The number of rotatable bonds is 7. The first kappa shape index (κ1) is 20.7. The van der Waals surface area contributed by atoms with E-state index >= 15 is 0 Å². The minimum atomic E-state index is -0.562. The monoisotopic (exact) mass is 415 g/mol. The topological polar surface area (TPSA) is 64.4 Å². The summed E-state index contributed by atoms with van der Waals surface area (Å²) < 4.78 is 19.9. The molecule has 0 aliphatic heterocycles. The van der Waals surface area contributed by atoms with Gasteiger partial charge in [-0.2, -0.15) is 5.10 Å². The third-order valence-corrected chi connectivity index (χ3v) is 4.40. The molecule has 1 amide bonds. The van der Waals surface area contributed by atoms with Gasteiger partial charge in [0.25, 0.3) is 5.91 Å². The van der Waals surface area contributed by atoms with Crippen LogP contribution in [0.25, 0.3) is 5.69 Å². The summed E-state index contributed by atoms with van der Waals surface area (Å²) in [6, 6.07) is 13.5. The Kier molecular flexibility index (Phi) is 6.74. The van der Waals surface area contributed by atoms with Gasteiger partial charge in [-0.3, -0.25) is 9.59 Å². The highest BCUT2D eigenvalue weighted by Crippen LogP contribution is 2.19. The van der Waals surface area contributed by atoms with Crippen LogP contribution in [0, 0.1) is 5.82 Å². The number of halogens is 2. The third-order valence-electron chi connectivity index (χ3n) is 4.15. The predicted molar refractivity (Wildman–Crippen MR) is 109 cm³/mol. The highest BCUT2D eigenvalue weighted by molar-refractivity contribution is 6.30. The highest BCUT2D eigenvalue weighted by Gasteiger charge is 2.22. The molecule has 0 radical (unpaired) electrons. The third kappa shape index (κ3) is 5.07. The van der Waals surface area contributed by atoms with Crippen molar-refractivity contribution in [2.24, 2.45) is 0 Å². The van der Waals surface area contributed by atoms with E-state index in [0.29, 0.717) is 29.6 Å². The first-order valence-electron chi connectivity index (χ1n) is 9.00. The van der Waals surface area contributed by atoms with Crippen LogP contribution in [0.15, 0.2) is 65.6 Å². The number of amides is 1. The van der Waals surface area contributed by atoms with Crippen molar-refractivity contribution in [3.05, 3.63) is 87.6 Å². The number of benzene rings is 2. The summed E-state index contributed by atoms with van der Waals surface area (Å²) in [5.41, 5.74) is 0.331. The van der Waals surface area contributed by atoms with E-state index in [1.165, 1.54) is 46.1 Å². The van der Waals surface area contributed by atoms with Gasteiger partial charge in [-0.05, 0) is 55.5 Å². The van der Waals surface area contributed by atoms with Crippen LogP contribution in [0.3, 0.4) is 0 Å². The molecule has 0 saturated heterocycles. The second-order valence-corrected chi connectivity index (χ2v) is 6.52. The second kappa shape index (κ2) is 9.45. The maximum atomic E-state index is 13.2. The van der Waals surface area contributed by atoms with Gasteiger partial charge < -0.3 is 9.64 Å². The summed E-state index contributed by atoms with van der Waals surface area (Å²) in [6.07, 6.45) is 1.43. The molecular formula is C21H19ClFN3O3. The Morgan fingerprint density at radius 1 is 1.14 bits per heavy atom. The summed E-state index contributed by atoms with van der Waals surface area (Å²) in [7, 11) is 0. The molecule has 3 aromatic rings. The standard InChI is InChI=1S/C21H19ClFN3O3/c1-2-29-14-13-25(17-7-3-15(22)4-8-17)21(28)20-19(27)11-12-26(24-20)18-9-5-16(23)6-10-18/h3-12H,2,13-14H2,1H3. The van der Waals surface area contributed by atoms with E-state index < -0.39 is 17.2 Å². The van der Waals surface area contributed by atoms with Crippen molar-refractivity contribution >= 4 is 23.2 Å². The molecule has 0 bridgehead atoms. The van der Waals surface area contributed by atoms with Gasteiger partial charge in [0.05, 0.1) is 12.3 Å². The maximum absolute atomic E-state index is 13.2. The molecule has 0 aliphatic rings. The Morgan fingerprint density at radius 2 is 1.83 bits per heavy atom. The Bertz CT molecular complexity index is 1040. The molecule has 29 heavy (non-hydrogen) atoms. The Morgan fingerprint density at radius 3 is 2.48 bits per heavy atom. The zero-order chi connectivity index (χ0) is 20.8. The van der Waals surface area contributed by atoms with Crippen LogP contribution in [-0.2, 0) is 4.74 Å². The molecule has 6 nitrogen and oxygen atoms in total. The van der Waals surface area contributed by atoms with E-state index in [-0.39, 0.29) is 12.2 Å². The Balaban J connectivity index is 1.97. The van der Waals surface area contributed by atoms with Gasteiger partial charge in [0.1, 0.15) is 5.82 Å². The fourth-order valence-corrected chi connectivity index (χ4v) is 2.82. The van der Waals surface area contributed by atoms with Gasteiger partial charge in [0.2, 0.25) is 5.43 Å². The first-order chi connectivity index (χ1) is 14.0. The normalized spacial score (nSPS) is 10.7. The molecule has 0 atom stereocenters. The largest absolute Gasteiger partial charge is 0.380 e. The number of anilines is 1. The van der Waals surface area contributed by atoms with Crippen LogP contribution in [-0.4, -0.2) is 35.4 Å². The number of nitrogens with zero attached hydrogens (tertiary/aromatic N) is 3. The zero-order valence-corrected chi connectivity index (χ0v) is 16.5. The average molecular weight is 416 g/mol. The minimum Gasteiger partial charge on any atom is -0.380 e. The molecule has 0 N–H and O–H groups in total. The van der Waals surface area contributed by atoms with E-state index in [1.54, 1.807) is 24.3 Å². The SMILES string of the molecule is CCOCCN(C(=O)c1nn(-c2ccc(F)cc2)ccc1=O)c1ccc(Cl)cc1. The van der Waals surface area contributed by atoms with Crippen molar-refractivity contribution in [1.82, 2.24) is 9.78 Å². The van der Waals surface area contributed by atoms with Gasteiger partial charge in [-0.1, -0.05) is 11.6 Å². The van der Waals surface area contributed by atoms with Crippen molar-refractivity contribution in [2.75, 3.05) is 24.7 Å². The van der Waals surface area contributed by atoms with Crippen LogP contribution in [0.1, 0.15) is 17.4 Å². The lowest BCUT2D eigenvalue weighted by molar-refractivity contribution is 0.0958. The number of carbonyl (C=O) groups is 1. The lowest BCUT2D eigenvalue weighted by atomic mass is 10.2. The predicted octanol–water partition coefficient (Wildman–Crippen LogP) is 3.71. The zero-order valence-electron chi connectivity index (χ0n) is 15.7. The second-order valence-electron chi connectivity index (χ2n) is 6.08. The summed E-state index contributed by atoms with van der Waals surface area (Å²) >= 11 is 5.94. The Hall–Kier alpha value is -3.03. The number of carbonyl (C=O) groups excluding carboxylic acids is 1. The fraction of sp³-hybridized carbons (Fsp3) is 0.190. The molecule has 3 rings (SSSR count). The van der Waals surface area contributed by atoms with E-state index in [2.05, 4.69) is 5.10 Å². The number of hydrogen-bond donors (Lipinski definition) is 0. The van der Waals surface area contributed by atoms with Crippen molar-refractivity contribution < 1.29 is 13.9 Å². The summed E-state index contributed by atoms with van der Waals surface area (Å²) in [5, 5.41) is 4.72. The molecule has 0 fully saturated rings. The van der Waals surface area contributed by atoms with Crippen molar-refractivity contribution in [3.8, 4) is 5.69 Å². The Labute approximate surface area is 172 Å². The average Bonchev–Trinajstić information content (AvgIpc) is 2.73. The van der Waals surface area contributed by atoms with Crippen LogP contribution in [0.4, 0.5) is 10.1 Å². The molecule has 150 valence electrons. The van der Waals surface area contributed by atoms with Crippen molar-refractivity contribution in [3.63, 3.8) is 0 Å². The highest BCUT2D eigenvalue weighted by atomic mass is 35.5. The van der Waals surface area contributed by atoms with E-state index in [4.69, 9.17) is 16.3 Å². The van der Waals surface area contributed by atoms with E-state index in [0.717, 1.165) is 0 Å². The van der Waals surface area contributed by atoms with Gasteiger partial charge >= 0.3 is 0 Å². The molecule has 2 aromatic carbocycles. The molecule has 0 unspecified atom stereocenters. The molecule has 0 saturated carbocycles. The molecule has 1 aromatic heterocycles. The van der Waals surface area contributed by atoms with Crippen LogP contribution in [0.2, 0.25) is 5.02 Å². The summed E-state index contributed by atoms with van der Waals surface area (Å²) in [5.74, 6) is -0.954. The van der Waals surface area contributed by atoms with E-state index in [1.807, 2.05) is 6.92 Å². The molecule has 1 heterocycles. The van der Waals surface area contributed by atoms with Gasteiger partial charge in [-0.25, -0.2) is 9.07 Å². The number of aromatic nitrogens is 2. The molecule has 0 aliphatic carbocycles. The van der Waals surface area contributed by atoms with Gasteiger partial charge in [-0.15, -0.1) is 0 Å². The molecular weight excluding hydrogens is 397 g/mol. The van der Waals surface area contributed by atoms with Crippen molar-refractivity contribution in [2.45, 2.75) is 6.92 Å². The van der Waals surface area contributed by atoms with Crippen LogP contribution in [0.5, 0.6) is 0 Å². The summed E-state index contributed by atoms with van der Waals surface area (Å²) in [4.78, 5) is 27.0. The molecule has 8 heteroatoms. The minimum absolute atomic E-state index is 0.237. The van der Waals surface area contributed by atoms with Crippen molar-refractivity contribution in [1.29, 1.82) is 0 Å². The lowest BCUT2D eigenvalue weighted by Gasteiger charge is -2.22. The number of hydrogen-bond acceptors (Lipinski definition) is 4. The quantitative estimate of drug-likeness (QED) is 0.552. The molecule has 0 spiro atoms. The van der Waals surface area contributed by atoms with Crippen LogP contribution < -0.4 is 10.3 Å². The fourth-order valence-electron chi connectivity index (χ4n) is 2.69. The first-order valence-corrected chi connectivity index (χ1v) is 9.38. The van der Waals surface area contributed by atoms with Crippen LogP contribution >= 0.6 is 11.6 Å². The van der Waals surface area contributed by atoms with Gasteiger partial charge in [0.15, 0.2) is 5.69 Å². The van der Waals surface area contributed by atoms with E-state index in [9.17, 15) is 14.0 Å². The maximum Gasteiger partial charge on any atom is 0.282 e. The number of ether oxygens (including phenoxy) is 1.